The second kappa shape index (κ2) is 7.39. The second-order valence-corrected chi connectivity index (χ2v) is 5.93. The lowest BCUT2D eigenvalue weighted by Gasteiger charge is -2.16. The Morgan fingerprint density at radius 1 is 0.952 bits per heavy atom. The maximum Gasteiger partial charge on any atom is 0.299 e. The van der Waals surface area contributed by atoms with Gasteiger partial charge in [0.1, 0.15) is 0 Å². The quantitative estimate of drug-likeness (QED) is 0.529. The first kappa shape index (κ1) is 15.7. The number of anilines is 1. The highest BCUT2D eigenvalue weighted by atomic mass is 16.2. The van der Waals surface area contributed by atoms with E-state index in [-0.39, 0.29) is 11.7 Å². The number of unbranched alkanes of at least 4 members (excludes halogenated alkanes) is 6. The highest BCUT2D eigenvalue weighted by Gasteiger charge is 2.35. The molecular weight excluding hydrogens is 262 g/mol. The van der Waals surface area contributed by atoms with E-state index in [1.807, 2.05) is 25.1 Å². The first-order chi connectivity index (χ1) is 10.1. The lowest BCUT2D eigenvalue weighted by molar-refractivity contribution is -0.114. The molecule has 1 aliphatic rings. The van der Waals surface area contributed by atoms with E-state index in [4.69, 9.17) is 0 Å². The van der Waals surface area contributed by atoms with E-state index in [1.54, 1.807) is 4.90 Å². The molecular formula is C18H25NO2. The van der Waals surface area contributed by atoms with Crippen LogP contribution in [0.4, 0.5) is 5.69 Å². The third-order valence-electron chi connectivity index (χ3n) is 4.11. The van der Waals surface area contributed by atoms with Gasteiger partial charge in [-0.25, -0.2) is 0 Å². The Morgan fingerprint density at radius 3 is 2.33 bits per heavy atom. The molecule has 1 aromatic carbocycles. The fourth-order valence-corrected chi connectivity index (χ4v) is 2.86. The number of carbonyl (C=O) groups excluding carboxylic acids is 2. The number of amides is 1. The number of benzene rings is 1. The molecule has 1 aromatic rings. The first-order valence-corrected chi connectivity index (χ1v) is 8.12. The summed E-state index contributed by atoms with van der Waals surface area (Å²) in [5.41, 5.74) is 2.39. The molecule has 1 amide bonds. The summed E-state index contributed by atoms with van der Waals surface area (Å²) in [7, 11) is 0. The Morgan fingerprint density at radius 2 is 1.62 bits per heavy atom. The summed E-state index contributed by atoms with van der Waals surface area (Å²) in [6.45, 7) is 4.82. The molecule has 21 heavy (non-hydrogen) atoms. The minimum absolute atomic E-state index is 0.350. The van der Waals surface area contributed by atoms with Crippen LogP contribution in [0.25, 0.3) is 0 Å². The van der Waals surface area contributed by atoms with Crippen LogP contribution in [0.2, 0.25) is 0 Å². The second-order valence-electron chi connectivity index (χ2n) is 5.93. The van der Waals surface area contributed by atoms with Gasteiger partial charge < -0.3 is 4.90 Å². The van der Waals surface area contributed by atoms with Crippen molar-refractivity contribution < 1.29 is 9.59 Å². The van der Waals surface area contributed by atoms with Crippen molar-refractivity contribution in [1.29, 1.82) is 0 Å². The van der Waals surface area contributed by atoms with E-state index in [1.165, 1.54) is 32.1 Å². The molecule has 0 fully saturated rings. The maximum atomic E-state index is 12.1. The van der Waals surface area contributed by atoms with Crippen molar-refractivity contribution in [2.45, 2.75) is 58.8 Å². The van der Waals surface area contributed by atoms with Crippen LogP contribution < -0.4 is 4.90 Å². The monoisotopic (exact) mass is 287 g/mol. The maximum absolute atomic E-state index is 12.1. The molecule has 0 radical (unpaired) electrons. The summed E-state index contributed by atoms with van der Waals surface area (Å²) in [6.07, 6.45) is 8.47. The summed E-state index contributed by atoms with van der Waals surface area (Å²) in [5.74, 6) is -0.710. The predicted molar refractivity (Wildman–Crippen MR) is 85.9 cm³/mol. The lowest BCUT2D eigenvalue weighted by Crippen LogP contribution is -2.30. The van der Waals surface area contributed by atoms with Gasteiger partial charge in [-0.05, 0) is 25.5 Å². The molecule has 0 aliphatic carbocycles. The smallest absolute Gasteiger partial charge is 0.299 e. The molecule has 0 saturated heterocycles. The largest absolute Gasteiger partial charge is 0.305 e. The highest BCUT2D eigenvalue weighted by Crippen LogP contribution is 2.29. The van der Waals surface area contributed by atoms with Gasteiger partial charge in [0.05, 0.1) is 11.3 Å². The van der Waals surface area contributed by atoms with Crippen LogP contribution in [0, 0.1) is 6.92 Å². The summed E-state index contributed by atoms with van der Waals surface area (Å²) >= 11 is 0. The fourth-order valence-electron chi connectivity index (χ4n) is 2.86. The molecule has 0 spiro atoms. The third kappa shape index (κ3) is 3.72. The molecule has 3 nitrogen and oxygen atoms in total. The zero-order valence-electron chi connectivity index (χ0n) is 13.2. The Balaban J connectivity index is 1.84. The molecule has 114 valence electrons. The number of hydrogen-bond donors (Lipinski definition) is 0. The van der Waals surface area contributed by atoms with Gasteiger partial charge in [-0.1, -0.05) is 57.1 Å². The van der Waals surface area contributed by atoms with Crippen molar-refractivity contribution in [2.24, 2.45) is 0 Å². The third-order valence-corrected chi connectivity index (χ3v) is 4.11. The number of rotatable bonds is 8. The van der Waals surface area contributed by atoms with E-state index in [0.29, 0.717) is 12.1 Å². The van der Waals surface area contributed by atoms with Gasteiger partial charge in [-0.2, -0.15) is 0 Å². The van der Waals surface area contributed by atoms with Crippen LogP contribution in [-0.4, -0.2) is 18.2 Å². The predicted octanol–water partition coefficient (Wildman–Crippen LogP) is 4.27. The van der Waals surface area contributed by atoms with Crippen LogP contribution in [0.5, 0.6) is 0 Å². The van der Waals surface area contributed by atoms with Gasteiger partial charge >= 0.3 is 0 Å². The summed E-state index contributed by atoms with van der Waals surface area (Å²) in [6, 6.07) is 5.68. The van der Waals surface area contributed by atoms with Gasteiger partial charge in [0, 0.05) is 6.54 Å². The molecule has 0 N–H and O–H groups in total. The van der Waals surface area contributed by atoms with E-state index < -0.39 is 0 Å². The minimum atomic E-state index is -0.360. The molecule has 1 aliphatic heterocycles. The number of carbonyl (C=O) groups is 2. The Kier molecular flexibility index (Phi) is 5.54. The fraction of sp³-hybridized carbons (Fsp3) is 0.556. The lowest BCUT2D eigenvalue weighted by atomic mass is 10.1. The molecule has 0 aromatic heterocycles. The zero-order valence-corrected chi connectivity index (χ0v) is 13.2. The van der Waals surface area contributed by atoms with E-state index in [2.05, 4.69) is 6.92 Å². The topological polar surface area (TPSA) is 37.4 Å². The number of Topliss-reactive ketones (excluding diaryl/α,β-unsaturated/α-hetero) is 1. The number of hydrogen-bond acceptors (Lipinski definition) is 2. The minimum Gasteiger partial charge on any atom is -0.305 e. The number of ketones is 1. The van der Waals surface area contributed by atoms with Crippen molar-refractivity contribution in [3.63, 3.8) is 0 Å². The van der Waals surface area contributed by atoms with Crippen molar-refractivity contribution in [1.82, 2.24) is 0 Å². The first-order valence-electron chi connectivity index (χ1n) is 8.12. The van der Waals surface area contributed by atoms with Crippen molar-refractivity contribution in [2.75, 3.05) is 11.4 Å². The van der Waals surface area contributed by atoms with Gasteiger partial charge in [-0.15, -0.1) is 0 Å². The van der Waals surface area contributed by atoms with Gasteiger partial charge in [-0.3, -0.25) is 9.59 Å². The van der Waals surface area contributed by atoms with E-state index in [0.717, 1.165) is 24.1 Å². The molecule has 3 heteroatoms. The average molecular weight is 287 g/mol. The van der Waals surface area contributed by atoms with Gasteiger partial charge in [0.25, 0.3) is 11.7 Å². The van der Waals surface area contributed by atoms with Crippen LogP contribution in [0.1, 0.15) is 67.8 Å². The van der Waals surface area contributed by atoms with Crippen LogP contribution >= 0.6 is 0 Å². The van der Waals surface area contributed by atoms with Gasteiger partial charge in [0.2, 0.25) is 0 Å². The molecule has 0 saturated carbocycles. The van der Waals surface area contributed by atoms with Crippen molar-refractivity contribution in [3.05, 3.63) is 29.3 Å². The molecule has 0 bridgehead atoms. The van der Waals surface area contributed by atoms with Crippen LogP contribution in [0.15, 0.2) is 18.2 Å². The molecule has 1 heterocycles. The van der Waals surface area contributed by atoms with Crippen molar-refractivity contribution >= 4 is 17.4 Å². The van der Waals surface area contributed by atoms with E-state index in [9.17, 15) is 9.59 Å². The standard InChI is InChI=1S/C18H25NO2/c1-3-4-5-6-7-8-9-12-19-16-11-10-14(2)13-15(16)17(20)18(19)21/h10-11,13H,3-9,12H2,1-2H3. The van der Waals surface area contributed by atoms with Gasteiger partial charge in [0.15, 0.2) is 0 Å². The van der Waals surface area contributed by atoms with Crippen molar-refractivity contribution in [3.8, 4) is 0 Å². The zero-order chi connectivity index (χ0) is 15.2. The summed E-state index contributed by atoms with van der Waals surface area (Å²) in [5, 5.41) is 0. The number of aryl methyl sites for hydroxylation is 1. The number of fused-ring (bicyclic) bond motifs is 1. The molecule has 2 rings (SSSR count). The highest BCUT2D eigenvalue weighted by molar-refractivity contribution is 6.52. The summed E-state index contributed by atoms with van der Waals surface area (Å²) in [4.78, 5) is 25.7. The average Bonchev–Trinajstić information content (AvgIpc) is 2.71. The van der Waals surface area contributed by atoms with Crippen LogP contribution in [0.3, 0.4) is 0 Å². The Hall–Kier alpha value is -1.64. The SMILES string of the molecule is CCCCCCCCCN1C(=O)C(=O)c2cc(C)ccc21. The molecule has 0 atom stereocenters. The Bertz CT molecular complexity index is 522. The normalized spacial score (nSPS) is 13.9. The molecule has 0 unspecified atom stereocenters. The van der Waals surface area contributed by atoms with Crippen LogP contribution in [-0.2, 0) is 4.79 Å². The number of nitrogens with zero attached hydrogens (tertiary/aromatic N) is 1. The summed E-state index contributed by atoms with van der Waals surface area (Å²) < 4.78 is 0. The van der Waals surface area contributed by atoms with E-state index >= 15 is 0 Å². The Labute approximate surface area is 127 Å².